The molecule has 0 amide bonds. The molecule has 1 aliphatic carbocycles. The Morgan fingerprint density at radius 1 is 0.422 bits per heavy atom. The predicted molar refractivity (Wildman–Crippen MR) is 268 cm³/mol. The molecule has 0 N–H and O–H groups in total. The fourth-order valence-corrected chi connectivity index (χ4v) is 10.4. The Morgan fingerprint density at radius 3 is 1.66 bits per heavy atom. The van der Waals surface area contributed by atoms with Crippen molar-refractivity contribution < 1.29 is 9.60 Å². The minimum Gasteiger partial charge on any atom is -0.310 e. The largest absolute Gasteiger partial charge is 0.310 e. The number of nitrogens with zero attached hydrogens (tertiary/aromatic N) is 2. The molecule has 2 nitrogen and oxygen atoms in total. The van der Waals surface area contributed by atoms with Crippen LogP contribution in [0.5, 0.6) is 0 Å². The average molecular weight is 826 g/mol. The summed E-state index contributed by atoms with van der Waals surface area (Å²) >= 11 is 0. The number of anilines is 6. The summed E-state index contributed by atoms with van der Waals surface area (Å²) in [6.45, 7) is 4.62. The van der Waals surface area contributed by atoms with Crippen molar-refractivity contribution >= 4 is 44.9 Å². The standard InChI is InChI=1S/C62H46N2/c1-61(2)57-27-15-16-28-59(57)64(60-40-32-48(42-58(60)61)62(47-21-7-4-8-22-47)55-25-13-11-23-53(55)54-24-12-14-26-56(54)62)51-38-36-50(37-39-51)63(52-35-31-44-19-9-10-20-46(44)41-52)49-33-29-45(30-34-49)43-17-5-3-6-18-43/h3-42H,1-2H3/i9D,10D,19D,20D,31D,35D,41D. The number of hydrogen-bond donors (Lipinski definition) is 0. The van der Waals surface area contributed by atoms with Crippen molar-refractivity contribution in [3.63, 3.8) is 0 Å². The Kier molecular flexibility index (Phi) is 7.19. The molecule has 0 aromatic heterocycles. The highest BCUT2D eigenvalue weighted by Gasteiger charge is 2.47. The fraction of sp³-hybridized carbons (Fsp3) is 0.0645. The maximum atomic E-state index is 9.62. The van der Waals surface area contributed by atoms with E-state index < -0.39 is 35.0 Å². The summed E-state index contributed by atoms with van der Waals surface area (Å²) in [6.07, 6.45) is 0. The zero-order chi connectivity index (χ0) is 48.9. The summed E-state index contributed by atoms with van der Waals surface area (Å²) in [5.41, 5.74) is 15.0. The van der Waals surface area contributed by atoms with Gasteiger partial charge < -0.3 is 9.80 Å². The van der Waals surface area contributed by atoms with E-state index in [1.807, 2.05) is 78.9 Å². The molecule has 0 bridgehead atoms. The third-order valence-electron chi connectivity index (χ3n) is 13.4. The van der Waals surface area contributed by atoms with Crippen molar-refractivity contribution in [2.45, 2.75) is 24.7 Å². The zero-order valence-electron chi connectivity index (χ0n) is 42.4. The Balaban J connectivity index is 1.04. The van der Waals surface area contributed by atoms with E-state index in [4.69, 9.17) is 5.48 Å². The number of fused-ring (bicyclic) bond motifs is 6. The Hall–Kier alpha value is -7.94. The van der Waals surface area contributed by atoms with E-state index in [2.05, 4.69) is 140 Å². The summed E-state index contributed by atoms with van der Waals surface area (Å²) in [7, 11) is 0. The Labute approximate surface area is 385 Å². The molecule has 1 aliphatic heterocycles. The second-order valence-electron chi connectivity index (χ2n) is 17.2. The van der Waals surface area contributed by atoms with Crippen LogP contribution in [-0.2, 0) is 10.8 Å². The van der Waals surface area contributed by atoms with Gasteiger partial charge in [-0.1, -0.05) is 196 Å². The average Bonchev–Trinajstić information content (AvgIpc) is 3.71. The molecule has 10 aromatic rings. The van der Waals surface area contributed by atoms with E-state index in [1.165, 1.54) is 44.5 Å². The maximum Gasteiger partial charge on any atom is 0.0713 e. The summed E-state index contributed by atoms with van der Waals surface area (Å²) < 4.78 is 62.7. The van der Waals surface area contributed by atoms with Crippen LogP contribution < -0.4 is 9.80 Å². The first kappa shape index (κ1) is 31.0. The van der Waals surface area contributed by atoms with Crippen LogP contribution in [-0.4, -0.2) is 0 Å². The first-order valence-electron chi connectivity index (χ1n) is 25.3. The van der Waals surface area contributed by atoms with E-state index in [1.54, 1.807) is 4.90 Å². The number of hydrogen-bond acceptors (Lipinski definition) is 2. The van der Waals surface area contributed by atoms with E-state index in [-0.39, 0.29) is 34.6 Å². The van der Waals surface area contributed by atoms with Crippen LogP contribution in [0.4, 0.5) is 34.1 Å². The molecular weight excluding hydrogens is 773 g/mol. The first-order valence-corrected chi connectivity index (χ1v) is 21.8. The lowest BCUT2D eigenvalue weighted by molar-refractivity contribution is 0.627. The Bertz CT molecular complexity index is 3720. The second-order valence-corrected chi connectivity index (χ2v) is 17.2. The van der Waals surface area contributed by atoms with Gasteiger partial charge in [0.05, 0.1) is 26.4 Å². The highest BCUT2D eigenvalue weighted by molar-refractivity contribution is 5.92. The van der Waals surface area contributed by atoms with Crippen LogP contribution in [0.25, 0.3) is 33.0 Å². The highest BCUT2D eigenvalue weighted by Crippen LogP contribution is 2.59. The van der Waals surface area contributed by atoms with Gasteiger partial charge in [0.1, 0.15) is 0 Å². The SMILES string of the molecule is [2H]c1c([2H])c([2H])c2c([2H])c(N(c3ccc(-c4ccccc4)cc3)c3ccc(N4c5ccccc5C(C)(C)c5cc(C6(c7ccccc7)c7ccccc7-c7ccccc76)ccc54)cc3)c([2H])c([2H])c2c1[2H]. The van der Waals surface area contributed by atoms with Gasteiger partial charge in [-0.2, -0.15) is 0 Å². The molecule has 2 heteroatoms. The Morgan fingerprint density at radius 2 is 0.969 bits per heavy atom. The van der Waals surface area contributed by atoms with Crippen molar-refractivity contribution in [1.82, 2.24) is 0 Å². The van der Waals surface area contributed by atoms with E-state index >= 15 is 0 Å². The smallest absolute Gasteiger partial charge is 0.0713 e. The van der Waals surface area contributed by atoms with E-state index in [0.29, 0.717) is 11.4 Å². The summed E-state index contributed by atoms with van der Waals surface area (Å²) in [4.78, 5) is 4.07. The first-order chi connectivity index (χ1) is 34.4. The molecule has 304 valence electrons. The van der Waals surface area contributed by atoms with Crippen molar-refractivity contribution in [3.8, 4) is 22.3 Å². The summed E-state index contributed by atoms with van der Waals surface area (Å²) in [5.74, 6) is 0. The van der Waals surface area contributed by atoms with Crippen molar-refractivity contribution in [2.75, 3.05) is 9.80 Å². The molecule has 0 atom stereocenters. The molecule has 0 radical (unpaired) electrons. The van der Waals surface area contributed by atoms with Crippen LogP contribution in [0.2, 0.25) is 0 Å². The number of benzene rings is 10. The molecular formula is C62H46N2. The van der Waals surface area contributed by atoms with Crippen molar-refractivity contribution in [3.05, 3.63) is 276 Å². The van der Waals surface area contributed by atoms with Gasteiger partial charge in [0.2, 0.25) is 0 Å². The molecule has 0 saturated carbocycles. The van der Waals surface area contributed by atoms with Crippen LogP contribution in [0.1, 0.15) is 56.8 Å². The molecule has 0 spiro atoms. The van der Waals surface area contributed by atoms with Gasteiger partial charge in [-0.3, -0.25) is 0 Å². The minimum absolute atomic E-state index is 0.0399. The second kappa shape index (κ2) is 14.9. The quantitative estimate of drug-likeness (QED) is 0.158. The van der Waals surface area contributed by atoms with Crippen molar-refractivity contribution in [1.29, 1.82) is 0 Å². The van der Waals surface area contributed by atoms with Gasteiger partial charge in [0.15, 0.2) is 0 Å². The molecule has 64 heavy (non-hydrogen) atoms. The molecule has 10 aromatic carbocycles. The normalized spacial score (nSPS) is 15.5. The topological polar surface area (TPSA) is 6.48 Å². The lowest BCUT2D eigenvalue weighted by Gasteiger charge is -2.43. The highest BCUT2D eigenvalue weighted by atomic mass is 15.2. The number of rotatable bonds is 7. The monoisotopic (exact) mass is 825 g/mol. The zero-order valence-corrected chi connectivity index (χ0v) is 35.4. The number of para-hydroxylation sites is 1. The van der Waals surface area contributed by atoms with Gasteiger partial charge in [0, 0.05) is 28.2 Å². The third kappa shape index (κ3) is 5.80. The van der Waals surface area contributed by atoms with Gasteiger partial charge in [0.25, 0.3) is 0 Å². The lowest BCUT2D eigenvalue weighted by Crippen LogP contribution is -2.33. The van der Waals surface area contributed by atoms with Crippen LogP contribution in [0.3, 0.4) is 0 Å². The maximum absolute atomic E-state index is 9.62. The van der Waals surface area contributed by atoms with Gasteiger partial charge in [-0.25, -0.2) is 0 Å². The third-order valence-corrected chi connectivity index (χ3v) is 13.4. The van der Waals surface area contributed by atoms with Crippen LogP contribution >= 0.6 is 0 Å². The summed E-state index contributed by atoms with van der Waals surface area (Å²) in [5, 5.41) is -0.245. The van der Waals surface area contributed by atoms with Crippen LogP contribution in [0, 0.1) is 0 Å². The molecule has 0 unspecified atom stereocenters. The predicted octanol–water partition coefficient (Wildman–Crippen LogP) is 16.4. The summed E-state index contributed by atoms with van der Waals surface area (Å²) in [6, 6.07) is 67.0. The van der Waals surface area contributed by atoms with Gasteiger partial charge in [-0.05, 0) is 127 Å². The molecule has 12 rings (SSSR count). The van der Waals surface area contributed by atoms with Crippen LogP contribution in [0.15, 0.2) is 242 Å². The fourth-order valence-electron chi connectivity index (χ4n) is 10.4. The molecule has 0 fully saturated rings. The van der Waals surface area contributed by atoms with E-state index in [0.717, 1.165) is 28.2 Å². The van der Waals surface area contributed by atoms with Gasteiger partial charge in [-0.15, -0.1) is 0 Å². The molecule has 2 aliphatic rings. The lowest BCUT2D eigenvalue weighted by atomic mass is 9.65. The van der Waals surface area contributed by atoms with Gasteiger partial charge >= 0.3 is 0 Å². The molecule has 1 heterocycles. The molecule has 0 saturated heterocycles. The van der Waals surface area contributed by atoms with Crippen molar-refractivity contribution in [2.24, 2.45) is 0 Å². The van der Waals surface area contributed by atoms with E-state index in [9.17, 15) is 4.11 Å². The minimum atomic E-state index is -0.574.